The van der Waals surface area contributed by atoms with Crippen molar-refractivity contribution < 1.29 is 21.6 Å². The molecular formula is C18H20Cl2N2O5S2. The Morgan fingerprint density at radius 3 is 2.21 bits per heavy atom. The molecule has 2 aromatic carbocycles. The first-order chi connectivity index (χ1) is 13.6. The van der Waals surface area contributed by atoms with E-state index in [0.717, 1.165) is 12.8 Å². The smallest absolute Gasteiger partial charge is 0.261 e. The number of benzene rings is 2. The quantitative estimate of drug-likeness (QED) is 0.649. The van der Waals surface area contributed by atoms with Crippen LogP contribution in [0, 0.1) is 0 Å². The molecule has 158 valence electrons. The third-order valence-electron chi connectivity index (χ3n) is 4.32. The highest BCUT2D eigenvalue weighted by Gasteiger charge is 2.30. The molecule has 1 fully saturated rings. The molecule has 29 heavy (non-hydrogen) atoms. The number of nitrogens with zero attached hydrogens (tertiary/aromatic N) is 1. The molecule has 0 bridgehead atoms. The number of hydrogen-bond donors (Lipinski definition) is 1. The van der Waals surface area contributed by atoms with Crippen LogP contribution in [0.1, 0.15) is 19.8 Å². The maximum Gasteiger partial charge on any atom is 0.261 e. The number of nitrogens with one attached hydrogen (secondary N) is 1. The van der Waals surface area contributed by atoms with E-state index in [0.29, 0.717) is 13.1 Å². The lowest BCUT2D eigenvalue weighted by molar-refractivity contribution is 0.330. The largest absolute Gasteiger partial charge is 0.492 e. The molecule has 1 N–H and O–H groups in total. The predicted octanol–water partition coefficient (Wildman–Crippen LogP) is 3.98. The summed E-state index contributed by atoms with van der Waals surface area (Å²) in [7, 11) is -7.85. The van der Waals surface area contributed by atoms with Gasteiger partial charge >= 0.3 is 0 Å². The monoisotopic (exact) mass is 478 g/mol. The number of sulfonamides is 2. The molecule has 1 aliphatic heterocycles. The SMILES string of the molecule is CCOc1ccc(NS(=O)(=O)c2cc(Cl)cc(Cl)c2)cc1S(=O)(=O)N1CCCC1. The van der Waals surface area contributed by atoms with E-state index in [2.05, 4.69) is 4.72 Å². The van der Waals surface area contributed by atoms with E-state index < -0.39 is 20.0 Å². The van der Waals surface area contributed by atoms with Crippen LogP contribution in [0.15, 0.2) is 46.2 Å². The van der Waals surface area contributed by atoms with Crippen LogP contribution in [-0.4, -0.2) is 40.8 Å². The van der Waals surface area contributed by atoms with E-state index in [1.165, 1.54) is 40.7 Å². The number of ether oxygens (including phenoxy) is 1. The minimum atomic E-state index is -4.03. The number of rotatable bonds is 7. The van der Waals surface area contributed by atoms with Gasteiger partial charge in [-0.3, -0.25) is 4.72 Å². The average Bonchev–Trinajstić information content (AvgIpc) is 3.17. The molecule has 7 nitrogen and oxygen atoms in total. The van der Waals surface area contributed by atoms with Crippen LogP contribution in [-0.2, 0) is 20.0 Å². The van der Waals surface area contributed by atoms with Crippen molar-refractivity contribution in [3.63, 3.8) is 0 Å². The van der Waals surface area contributed by atoms with Gasteiger partial charge in [0.15, 0.2) is 0 Å². The van der Waals surface area contributed by atoms with Gasteiger partial charge in [-0.25, -0.2) is 16.8 Å². The lowest BCUT2D eigenvalue weighted by Crippen LogP contribution is -2.28. The molecule has 0 spiro atoms. The molecule has 3 rings (SSSR count). The van der Waals surface area contributed by atoms with Gasteiger partial charge in [-0.15, -0.1) is 0 Å². The van der Waals surface area contributed by atoms with Gasteiger partial charge in [0.05, 0.1) is 17.2 Å². The molecule has 11 heteroatoms. The van der Waals surface area contributed by atoms with Gasteiger partial charge in [-0.1, -0.05) is 23.2 Å². The fourth-order valence-corrected chi connectivity index (χ4v) is 6.46. The summed E-state index contributed by atoms with van der Waals surface area (Å²) < 4.78 is 60.7. The van der Waals surface area contributed by atoms with E-state index in [1.54, 1.807) is 6.92 Å². The minimum Gasteiger partial charge on any atom is -0.492 e. The van der Waals surface area contributed by atoms with Gasteiger partial charge in [0.25, 0.3) is 10.0 Å². The third kappa shape index (κ3) is 4.97. The number of anilines is 1. The molecular weight excluding hydrogens is 459 g/mol. The van der Waals surface area contributed by atoms with Crippen LogP contribution in [0.4, 0.5) is 5.69 Å². The molecule has 2 aromatic rings. The van der Waals surface area contributed by atoms with E-state index in [9.17, 15) is 16.8 Å². The van der Waals surface area contributed by atoms with Gasteiger partial charge in [-0.2, -0.15) is 4.31 Å². The van der Waals surface area contributed by atoms with Crippen molar-refractivity contribution in [2.75, 3.05) is 24.4 Å². The fourth-order valence-electron chi connectivity index (χ4n) is 3.01. The van der Waals surface area contributed by atoms with Crippen LogP contribution in [0.2, 0.25) is 10.0 Å². The van der Waals surface area contributed by atoms with E-state index in [-0.39, 0.29) is 37.9 Å². The maximum atomic E-state index is 13.0. The molecule has 0 aliphatic carbocycles. The summed E-state index contributed by atoms with van der Waals surface area (Å²) in [5, 5.41) is 0.337. The van der Waals surface area contributed by atoms with Crippen molar-refractivity contribution in [3.8, 4) is 5.75 Å². The molecule has 1 heterocycles. The van der Waals surface area contributed by atoms with Gasteiger partial charge in [0.2, 0.25) is 10.0 Å². The zero-order valence-corrected chi connectivity index (χ0v) is 18.7. The van der Waals surface area contributed by atoms with Crippen LogP contribution in [0.3, 0.4) is 0 Å². The second-order valence-electron chi connectivity index (χ2n) is 6.42. The Morgan fingerprint density at radius 1 is 1.00 bits per heavy atom. The average molecular weight is 479 g/mol. The van der Waals surface area contributed by atoms with Gasteiger partial charge < -0.3 is 4.74 Å². The third-order valence-corrected chi connectivity index (χ3v) is 8.04. The molecule has 0 aromatic heterocycles. The predicted molar refractivity (Wildman–Crippen MR) is 113 cm³/mol. The molecule has 0 unspecified atom stereocenters. The second-order valence-corrected chi connectivity index (χ2v) is 10.9. The highest BCUT2D eigenvalue weighted by atomic mass is 35.5. The van der Waals surface area contributed by atoms with Crippen molar-refractivity contribution in [3.05, 3.63) is 46.4 Å². The summed E-state index contributed by atoms with van der Waals surface area (Å²) in [6, 6.07) is 8.08. The standard InChI is InChI=1S/C18H20Cl2N2O5S2/c1-2-27-17-6-5-15(12-18(17)29(25,26)22-7-3-4-8-22)21-28(23,24)16-10-13(19)9-14(20)11-16/h5-6,9-12,21H,2-4,7-8H2,1H3. The fraction of sp³-hybridized carbons (Fsp3) is 0.333. The molecule has 1 saturated heterocycles. The highest BCUT2D eigenvalue weighted by Crippen LogP contribution is 2.33. The molecule has 0 saturated carbocycles. The number of hydrogen-bond acceptors (Lipinski definition) is 5. The summed E-state index contributed by atoms with van der Waals surface area (Å²) in [6.07, 6.45) is 1.57. The van der Waals surface area contributed by atoms with Crippen LogP contribution < -0.4 is 9.46 Å². The van der Waals surface area contributed by atoms with E-state index in [4.69, 9.17) is 27.9 Å². The summed E-state index contributed by atoms with van der Waals surface area (Å²) in [5.74, 6) is 0.174. The van der Waals surface area contributed by atoms with Crippen LogP contribution >= 0.6 is 23.2 Å². The Balaban J connectivity index is 2.00. The lowest BCUT2D eigenvalue weighted by atomic mass is 10.3. The van der Waals surface area contributed by atoms with Crippen molar-refractivity contribution in [2.24, 2.45) is 0 Å². The summed E-state index contributed by atoms with van der Waals surface area (Å²) in [6.45, 7) is 2.86. The highest BCUT2D eigenvalue weighted by molar-refractivity contribution is 7.92. The summed E-state index contributed by atoms with van der Waals surface area (Å²) >= 11 is 11.8. The second kappa shape index (κ2) is 8.69. The Hall–Kier alpha value is -1.52. The Bertz CT molecular complexity index is 1090. The topological polar surface area (TPSA) is 92.8 Å². The zero-order chi connectivity index (χ0) is 21.2. The normalized spacial score (nSPS) is 15.4. The first-order valence-electron chi connectivity index (χ1n) is 8.89. The van der Waals surface area contributed by atoms with Gasteiger partial charge in [0, 0.05) is 23.1 Å². The number of halogens is 2. The summed E-state index contributed by atoms with van der Waals surface area (Å²) in [4.78, 5) is -0.210. The zero-order valence-electron chi connectivity index (χ0n) is 15.6. The van der Waals surface area contributed by atoms with E-state index >= 15 is 0 Å². The first-order valence-corrected chi connectivity index (χ1v) is 12.6. The summed E-state index contributed by atoms with van der Waals surface area (Å²) in [5.41, 5.74) is 0.0855. The molecule has 0 radical (unpaired) electrons. The van der Waals surface area contributed by atoms with Crippen molar-refractivity contribution in [2.45, 2.75) is 29.6 Å². The first kappa shape index (κ1) is 22.2. The Labute approximate surface area is 180 Å². The van der Waals surface area contributed by atoms with Crippen LogP contribution in [0.25, 0.3) is 0 Å². The van der Waals surface area contributed by atoms with Crippen molar-refractivity contribution in [1.82, 2.24) is 4.31 Å². The molecule has 1 aliphatic rings. The van der Waals surface area contributed by atoms with Gasteiger partial charge in [0.1, 0.15) is 10.6 Å². The maximum absolute atomic E-state index is 13.0. The minimum absolute atomic E-state index is 0.0782. The van der Waals surface area contributed by atoms with Crippen LogP contribution in [0.5, 0.6) is 5.75 Å². The van der Waals surface area contributed by atoms with Crippen molar-refractivity contribution in [1.29, 1.82) is 0 Å². The Morgan fingerprint density at radius 2 is 1.62 bits per heavy atom. The van der Waals surface area contributed by atoms with Gasteiger partial charge in [-0.05, 0) is 56.2 Å². The lowest BCUT2D eigenvalue weighted by Gasteiger charge is -2.19. The van der Waals surface area contributed by atoms with E-state index in [1.807, 2.05) is 0 Å². The molecule has 0 amide bonds. The molecule has 0 atom stereocenters. The van der Waals surface area contributed by atoms with Crippen molar-refractivity contribution >= 4 is 48.9 Å². The Kier molecular flexibility index (Phi) is 6.64.